The van der Waals surface area contributed by atoms with Crippen LogP contribution in [0, 0.1) is 0 Å². The first-order chi connectivity index (χ1) is 7.13. The third-order valence-electron chi connectivity index (χ3n) is 2.24. The number of hydrogen-bond donors (Lipinski definition) is 1. The number of thiazole rings is 1. The van der Waals surface area contributed by atoms with Gasteiger partial charge in [-0.25, -0.2) is 4.98 Å². The van der Waals surface area contributed by atoms with Gasteiger partial charge in [0.25, 0.3) is 0 Å². The first kappa shape index (κ1) is 13.0. The minimum absolute atomic E-state index is 0.247. The van der Waals surface area contributed by atoms with Crippen LogP contribution in [0.2, 0.25) is 0 Å². The van der Waals surface area contributed by atoms with Crippen molar-refractivity contribution < 1.29 is 5.11 Å². The minimum atomic E-state index is -0.247. The van der Waals surface area contributed by atoms with E-state index in [1.54, 1.807) is 23.1 Å². The first-order valence-corrected chi connectivity index (χ1v) is 7.29. The molecule has 0 bridgehead atoms. The molecule has 1 heterocycles. The molecule has 15 heavy (non-hydrogen) atoms. The summed E-state index contributed by atoms with van der Waals surface area (Å²) in [4.78, 5) is 4.55. The predicted molar refractivity (Wildman–Crippen MR) is 68.5 cm³/mol. The van der Waals surface area contributed by atoms with E-state index in [1.165, 1.54) is 5.01 Å². The molecule has 0 fully saturated rings. The summed E-state index contributed by atoms with van der Waals surface area (Å²) < 4.78 is 0. The zero-order valence-electron chi connectivity index (χ0n) is 9.56. The van der Waals surface area contributed by atoms with Gasteiger partial charge in [-0.3, -0.25) is 0 Å². The van der Waals surface area contributed by atoms with Crippen molar-refractivity contribution in [3.8, 4) is 0 Å². The molecule has 1 rings (SSSR count). The van der Waals surface area contributed by atoms with E-state index in [0.29, 0.717) is 0 Å². The molecule has 0 aliphatic rings. The van der Waals surface area contributed by atoms with Gasteiger partial charge in [-0.15, -0.1) is 23.1 Å². The normalized spacial score (nSPS) is 15.2. The summed E-state index contributed by atoms with van der Waals surface area (Å²) in [5.74, 6) is 0.909. The van der Waals surface area contributed by atoms with Gasteiger partial charge in [0.15, 0.2) is 0 Å². The number of aromatic nitrogens is 1. The van der Waals surface area contributed by atoms with Crippen molar-refractivity contribution in [1.82, 2.24) is 4.98 Å². The van der Waals surface area contributed by atoms with Crippen molar-refractivity contribution in [2.24, 2.45) is 0 Å². The van der Waals surface area contributed by atoms with E-state index in [2.05, 4.69) is 24.2 Å². The monoisotopic (exact) mass is 245 g/mol. The van der Waals surface area contributed by atoms with Gasteiger partial charge in [0.1, 0.15) is 0 Å². The number of aliphatic hydroxyl groups is 1. The molecule has 0 spiro atoms. The largest absolute Gasteiger partial charge is 0.392 e. The molecule has 2 nitrogen and oxygen atoms in total. The number of aliphatic hydroxyl groups excluding tert-OH is 1. The Morgan fingerprint density at radius 1 is 1.53 bits per heavy atom. The minimum Gasteiger partial charge on any atom is -0.392 e. The first-order valence-electron chi connectivity index (χ1n) is 5.36. The van der Waals surface area contributed by atoms with Crippen LogP contribution in [-0.4, -0.2) is 21.4 Å². The molecule has 0 aliphatic carbocycles. The van der Waals surface area contributed by atoms with Crippen LogP contribution in [0.3, 0.4) is 0 Å². The Bertz CT molecular complexity index is 286. The van der Waals surface area contributed by atoms with E-state index in [1.807, 2.05) is 6.92 Å². The molecule has 2 unspecified atom stereocenters. The average Bonchev–Trinajstić information content (AvgIpc) is 2.62. The highest BCUT2D eigenvalue weighted by Gasteiger charge is 2.10. The highest BCUT2D eigenvalue weighted by Crippen LogP contribution is 2.21. The fourth-order valence-electron chi connectivity index (χ4n) is 1.10. The second kappa shape index (κ2) is 6.51. The quantitative estimate of drug-likeness (QED) is 0.836. The summed E-state index contributed by atoms with van der Waals surface area (Å²) in [5.41, 5.74) is 1.15. The van der Waals surface area contributed by atoms with Crippen LogP contribution in [0.4, 0.5) is 0 Å². The Morgan fingerprint density at radius 2 is 2.27 bits per heavy atom. The number of rotatable bonds is 6. The van der Waals surface area contributed by atoms with Crippen LogP contribution in [-0.2, 0) is 12.2 Å². The van der Waals surface area contributed by atoms with Crippen molar-refractivity contribution in [1.29, 1.82) is 0 Å². The molecule has 4 heteroatoms. The van der Waals surface area contributed by atoms with Gasteiger partial charge in [0.2, 0.25) is 0 Å². The van der Waals surface area contributed by atoms with Crippen LogP contribution in [0.15, 0.2) is 5.38 Å². The Labute approximate surface area is 100 Å². The second-order valence-electron chi connectivity index (χ2n) is 3.74. The van der Waals surface area contributed by atoms with E-state index < -0.39 is 0 Å². The lowest BCUT2D eigenvalue weighted by atomic mass is 10.3. The average molecular weight is 245 g/mol. The number of aryl methyl sites for hydroxylation is 1. The summed E-state index contributed by atoms with van der Waals surface area (Å²) >= 11 is 3.51. The van der Waals surface area contributed by atoms with Crippen LogP contribution in [0.1, 0.15) is 37.9 Å². The van der Waals surface area contributed by atoms with Gasteiger partial charge >= 0.3 is 0 Å². The van der Waals surface area contributed by atoms with E-state index in [9.17, 15) is 5.11 Å². The standard InChI is InChI=1S/C11H19NOS2/c1-4-5-11-12-10(7-15-11)6-14-9(3)8(2)13/h7-9,13H,4-6H2,1-3H3. The van der Waals surface area contributed by atoms with Crippen LogP contribution in [0.25, 0.3) is 0 Å². The number of hydrogen-bond acceptors (Lipinski definition) is 4. The summed E-state index contributed by atoms with van der Waals surface area (Å²) in [7, 11) is 0. The van der Waals surface area contributed by atoms with E-state index in [4.69, 9.17) is 0 Å². The Morgan fingerprint density at radius 3 is 2.87 bits per heavy atom. The predicted octanol–water partition coefficient (Wildman–Crippen LogP) is 3.10. The molecule has 0 saturated heterocycles. The van der Waals surface area contributed by atoms with Crippen molar-refractivity contribution in [2.45, 2.75) is 50.7 Å². The van der Waals surface area contributed by atoms with Crippen molar-refractivity contribution in [2.75, 3.05) is 0 Å². The van der Waals surface area contributed by atoms with Crippen molar-refractivity contribution in [3.05, 3.63) is 16.1 Å². The van der Waals surface area contributed by atoms with E-state index in [-0.39, 0.29) is 11.4 Å². The summed E-state index contributed by atoms with van der Waals surface area (Å²) in [5, 5.41) is 13.0. The maximum atomic E-state index is 9.35. The molecular weight excluding hydrogens is 226 g/mol. The van der Waals surface area contributed by atoms with Gasteiger partial charge in [-0.1, -0.05) is 13.8 Å². The topological polar surface area (TPSA) is 33.1 Å². The van der Waals surface area contributed by atoms with Gasteiger partial charge < -0.3 is 5.11 Å². The maximum absolute atomic E-state index is 9.35. The van der Waals surface area contributed by atoms with Gasteiger partial charge in [-0.2, -0.15) is 0 Å². The molecule has 86 valence electrons. The Balaban J connectivity index is 2.37. The molecule has 1 aromatic heterocycles. The molecule has 2 atom stereocenters. The number of nitrogens with zero attached hydrogens (tertiary/aromatic N) is 1. The SMILES string of the molecule is CCCc1nc(CSC(C)C(C)O)cs1. The third-order valence-corrected chi connectivity index (χ3v) is 4.58. The van der Waals surface area contributed by atoms with Gasteiger partial charge in [0.05, 0.1) is 16.8 Å². The molecule has 0 amide bonds. The maximum Gasteiger partial charge on any atom is 0.0928 e. The Hall–Kier alpha value is -0.0600. The zero-order valence-corrected chi connectivity index (χ0v) is 11.2. The highest BCUT2D eigenvalue weighted by atomic mass is 32.2. The van der Waals surface area contributed by atoms with Crippen LogP contribution in [0.5, 0.6) is 0 Å². The van der Waals surface area contributed by atoms with Crippen molar-refractivity contribution >= 4 is 23.1 Å². The summed E-state index contributed by atoms with van der Waals surface area (Å²) in [6, 6.07) is 0. The molecule has 1 N–H and O–H groups in total. The van der Waals surface area contributed by atoms with E-state index >= 15 is 0 Å². The summed E-state index contributed by atoms with van der Waals surface area (Å²) in [6.45, 7) is 6.06. The van der Waals surface area contributed by atoms with Gasteiger partial charge in [-0.05, 0) is 19.8 Å². The number of thioether (sulfide) groups is 1. The van der Waals surface area contributed by atoms with Gasteiger partial charge in [0, 0.05) is 16.4 Å². The van der Waals surface area contributed by atoms with Crippen molar-refractivity contribution in [3.63, 3.8) is 0 Å². The molecule has 0 aliphatic heterocycles. The lowest BCUT2D eigenvalue weighted by Crippen LogP contribution is -2.15. The fourth-order valence-corrected chi connectivity index (χ4v) is 2.97. The molecule has 0 saturated carbocycles. The zero-order chi connectivity index (χ0) is 11.3. The Kier molecular flexibility index (Phi) is 5.64. The van der Waals surface area contributed by atoms with Crippen LogP contribution >= 0.6 is 23.1 Å². The fraction of sp³-hybridized carbons (Fsp3) is 0.727. The van der Waals surface area contributed by atoms with E-state index in [0.717, 1.165) is 24.3 Å². The lowest BCUT2D eigenvalue weighted by Gasteiger charge is -2.12. The molecule has 0 radical (unpaired) electrons. The smallest absolute Gasteiger partial charge is 0.0928 e. The highest BCUT2D eigenvalue weighted by molar-refractivity contribution is 7.99. The molecule has 1 aromatic rings. The van der Waals surface area contributed by atoms with Crippen LogP contribution < -0.4 is 0 Å². The lowest BCUT2D eigenvalue weighted by molar-refractivity contribution is 0.196. The molecular formula is C11H19NOS2. The molecule has 0 aromatic carbocycles. The third kappa shape index (κ3) is 4.53. The second-order valence-corrected chi connectivity index (χ2v) is 6.05. The summed E-state index contributed by atoms with van der Waals surface area (Å²) in [6.07, 6.45) is 2.00.